The molecule has 1 N–H and O–H groups in total. The maximum absolute atomic E-state index is 12.6. The van der Waals surface area contributed by atoms with Crippen molar-refractivity contribution in [2.45, 2.75) is 30.2 Å². The van der Waals surface area contributed by atoms with Crippen molar-refractivity contribution in [3.63, 3.8) is 0 Å². The third-order valence-electron chi connectivity index (χ3n) is 4.64. The number of benzene rings is 1. The van der Waals surface area contributed by atoms with Gasteiger partial charge in [0.25, 0.3) is 0 Å². The number of hydrogen-bond donors (Lipinski definition) is 1. The molecule has 0 aliphatic carbocycles. The van der Waals surface area contributed by atoms with Gasteiger partial charge in [0.2, 0.25) is 5.91 Å². The van der Waals surface area contributed by atoms with E-state index in [1.165, 1.54) is 12.1 Å². The number of hydrogen-bond acceptors (Lipinski definition) is 6. The van der Waals surface area contributed by atoms with E-state index in [0.717, 1.165) is 25.9 Å². The zero-order chi connectivity index (χ0) is 17.9. The lowest BCUT2D eigenvalue weighted by molar-refractivity contribution is -0.131. The molecule has 7 nitrogen and oxygen atoms in total. The van der Waals surface area contributed by atoms with E-state index in [1.54, 1.807) is 18.0 Å². The number of amides is 1. The van der Waals surface area contributed by atoms with Crippen LogP contribution in [0.5, 0.6) is 11.5 Å². The van der Waals surface area contributed by atoms with Gasteiger partial charge in [-0.1, -0.05) is 0 Å². The average molecular weight is 405 g/mol. The van der Waals surface area contributed by atoms with Crippen LogP contribution in [0, 0.1) is 0 Å². The zero-order valence-electron chi connectivity index (χ0n) is 14.8. The lowest BCUT2D eigenvalue weighted by atomic mass is 10.2. The normalized spacial score (nSPS) is 19.3. The highest BCUT2D eigenvalue weighted by Gasteiger charge is 2.25. The first-order chi connectivity index (χ1) is 12.0. The summed E-state index contributed by atoms with van der Waals surface area (Å²) < 4.78 is 36.2. The molecule has 0 saturated carbocycles. The Morgan fingerprint density at radius 3 is 2.69 bits per heavy atom. The highest BCUT2D eigenvalue weighted by atomic mass is 35.5. The molecule has 0 aromatic heterocycles. The first-order valence-corrected chi connectivity index (χ1v) is 10.2. The highest BCUT2D eigenvalue weighted by molar-refractivity contribution is 7.91. The van der Waals surface area contributed by atoms with Gasteiger partial charge in [0.15, 0.2) is 21.3 Å². The molecule has 3 rings (SSSR count). The summed E-state index contributed by atoms with van der Waals surface area (Å²) in [4.78, 5) is 14.1. The van der Waals surface area contributed by atoms with Crippen molar-refractivity contribution >= 4 is 28.2 Å². The number of ether oxygens (including phenoxy) is 2. The minimum Gasteiger partial charge on any atom is -0.490 e. The Hall–Kier alpha value is -1.51. The van der Waals surface area contributed by atoms with E-state index >= 15 is 0 Å². The van der Waals surface area contributed by atoms with Gasteiger partial charge in [-0.25, -0.2) is 8.42 Å². The molecule has 0 bridgehead atoms. The molecule has 26 heavy (non-hydrogen) atoms. The van der Waals surface area contributed by atoms with Crippen LogP contribution in [0.1, 0.15) is 19.3 Å². The Balaban J connectivity index is 0.00000243. The minimum absolute atomic E-state index is 0. The first kappa shape index (κ1) is 20.8. The molecule has 9 heteroatoms. The van der Waals surface area contributed by atoms with Gasteiger partial charge in [-0.05, 0) is 25.1 Å². The van der Waals surface area contributed by atoms with Crippen LogP contribution in [0.25, 0.3) is 0 Å². The summed E-state index contributed by atoms with van der Waals surface area (Å²) in [6, 6.07) is 4.77. The molecule has 2 heterocycles. The van der Waals surface area contributed by atoms with Crippen LogP contribution in [0.4, 0.5) is 0 Å². The first-order valence-electron chi connectivity index (χ1n) is 8.56. The second kappa shape index (κ2) is 8.92. The number of carbonyl (C=O) groups is 1. The van der Waals surface area contributed by atoms with Crippen LogP contribution in [-0.2, 0) is 14.6 Å². The molecule has 0 radical (unpaired) electrons. The summed E-state index contributed by atoms with van der Waals surface area (Å²) in [5.74, 6) is 0.641. The molecule has 0 spiro atoms. The van der Waals surface area contributed by atoms with Crippen LogP contribution in [0.15, 0.2) is 23.1 Å². The van der Waals surface area contributed by atoms with E-state index in [1.807, 2.05) is 0 Å². The second-order valence-electron chi connectivity index (χ2n) is 6.38. The predicted molar refractivity (Wildman–Crippen MR) is 100 cm³/mol. The van der Waals surface area contributed by atoms with Crippen LogP contribution in [0.2, 0.25) is 0 Å². The number of rotatable bonds is 5. The lowest BCUT2D eigenvalue weighted by Gasteiger charge is -2.23. The summed E-state index contributed by atoms with van der Waals surface area (Å²) in [6.45, 7) is 2.69. The molecular weight excluding hydrogens is 380 g/mol. The Labute approximate surface area is 160 Å². The summed E-state index contributed by atoms with van der Waals surface area (Å²) in [5, 5.41) is 3.20. The van der Waals surface area contributed by atoms with Gasteiger partial charge >= 0.3 is 0 Å². The molecule has 1 amide bonds. The third kappa shape index (κ3) is 4.81. The van der Waals surface area contributed by atoms with Crippen molar-refractivity contribution in [2.24, 2.45) is 0 Å². The van der Waals surface area contributed by atoms with E-state index in [2.05, 4.69) is 5.32 Å². The van der Waals surface area contributed by atoms with E-state index in [4.69, 9.17) is 9.47 Å². The van der Waals surface area contributed by atoms with Gasteiger partial charge in [0.1, 0.15) is 0 Å². The van der Waals surface area contributed by atoms with Gasteiger partial charge in [-0.15, -0.1) is 12.4 Å². The van der Waals surface area contributed by atoms with E-state index in [9.17, 15) is 13.2 Å². The number of likely N-dealkylation sites (N-methyl/N-ethyl adjacent to an activating group) is 1. The molecule has 1 fully saturated rings. The Kier molecular flexibility index (Phi) is 7.14. The van der Waals surface area contributed by atoms with Crippen molar-refractivity contribution in [2.75, 3.05) is 39.1 Å². The summed E-state index contributed by atoms with van der Waals surface area (Å²) >= 11 is 0. The standard InChI is InChI=1S/C17H24N2O5S.ClH/c1-19(13-5-7-18-12-13)17(20)6-10-25(21,22)14-3-4-15-16(11-14)24-9-2-8-23-15;/h3-4,11,13,18H,2,5-10,12H2,1H3;1H. The van der Waals surface area contributed by atoms with E-state index < -0.39 is 9.84 Å². The van der Waals surface area contributed by atoms with Crippen molar-refractivity contribution < 1.29 is 22.7 Å². The Morgan fingerprint density at radius 2 is 2.00 bits per heavy atom. The number of nitrogens with zero attached hydrogens (tertiary/aromatic N) is 1. The Bertz CT molecular complexity index is 735. The van der Waals surface area contributed by atoms with Gasteiger partial charge in [0.05, 0.1) is 23.9 Å². The maximum atomic E-state index is 12.6. The summed E-state index contributed by atoms with van der Waals surface area (Å²) in [6.07, 6.45) is 1.63. The Morgan fingerprint density at radius 1 is 1.27 bits per heavy atom. The quantitative estimate of drug-likeness (QED) is 0.795. The average Bonchev–Trinajstić information content (AvgIpc) is 3.04. The molecule has 1 saturated heterocycles. The molecule has 1 atom stereocenters. The van der Waals surface area contributed by atoms with Gasteiger partial charge in [0, 0.05) is 38.5 Å². The number of sulfone groups is 1. The van der Waals surface area contributed by atoms with E-state index in [0.29, 0.717) is 24.7 Å². The van der Waals surface area contributed by atoms with Crippen LogP contribution < -0.4 is 14.8 Å². The molecule has 2 aliphatic heterocycles. The molecule has 146 valence electrons. The predicted octanol–water partition coefficient (Wildman–Crippen LogP) is 1.25. The van der Waals surface area contributed by atoms with Gasteiger partial charge in [-0.3, -0.25) is 4.79 Å². The highest BCUT2D eigenvalue weighted by Crippen LogP contribution is 2.32. The topological polar surface area (TPSA) is 84.9 Å². The molecule has 1 aromatic carbocycles. The molecule has 2 aliphatic rings. The SMILES string of the molecule is CN(C(=O)CCS(=O)(=O)c1ccc2c(c1)OCCCO2)C1CCNC1.Cl. The smallest absolute Gasteiger partial charge is 0.223 e. The van der Waals surface area contributed by atoms with Crippen molar-refractivity contribution in [1.82, 2.24) is 10.2 Å². The summed E-state index contributed by atoms with van der Waals surface area (Å²) in [7, 11) is -1.82. The minimum atomic E-state index is -3.56. The van der Waals surface area contributed by atoms with Crippen LogP contribution >= 0.6 is 12.4 Å². The maximum Gasteiger partial charge on any atom is 0.223 e. The fraction of sp³-hybridized carbons (Fsp3) is 0.588. The van der Waals surface area contributed by atoms with Crippen LogP contribution in [0.3, 0.4) is 0 Å². The fourth-order valence-electron chi connectivity index (χ4n) is 3.03. The fourth-order valence-corrected chi connectivity index (χ4v) is 4.27. The number of nitrogens with one attached hydrogen (secondary N) is 1. The van der Waals surface area contributed by atoms with Crippen molar-refractivity contribution in [1.29, 1.82) is 0 Å². The molecule has 1 unspecified atom stereocenters. The number of carbonyl (C=O) groups excluding carboxylic acids is 1. The van der Waals surface area contributed by atoms with Gasteiger partial charge < -0.3 is 19.7 Å². The van der Waals surface area contributed by atoms with Crippen LogP contribution in [-0.4, -0.2) is 64.4 Å². The summed E-state index contributed by atoms with van der Waals surface area (Å²) in [5.41, 5.74) is 0. The van der Waals surface area contributed by atoms with Crippen molar-refractivity contribution in [3.05, 3.63) is 18.2 Å². The second-order valence-corrected chi connectivity index (χ2v) is 8.49. The largest absolute Gasteiger partial charge is 0.490 e. The zero-order valence-corrected chi connectivity index (χ0v) is 16.4. The number of halogens is 1. The molecule has 1 aromatic rings. The monoisotopic (exact) mass is 404 g/mol. The number of fused-ring (bicyclic) bond motifs is 1. The van der Waals surface area contributed by atoms with E-state index in [-0.39, 0.29) is 41.4 Å². The lowest BCUT2D eigenvalue weighted by Crippen LogP contribution is -2.39. The molecular formula is C17H25ClN2O5S. The van der Waals surface area contributed by atoms with Gasteiger partial charge in [-0.2, -0.15) is 0 Å². The third-order valence-corrected chi connectivity index (χ3v) is 6.35. The van der Waals surface area contributed by atoms with Crippen molar-refractivity contribution in [3.8, 4) is 11.5 Å².